The number of nitrogens with zero attached hydrogens (tertiary/aromatic N) is 4. The summed E-state index contributed by atoms with van der Waals surface area (Å²) in [6, 6.07) is 10.4. The number of pyridine rings is 1. The van der Waals surface area contributed by atoms with Crippen LogP contribution in [0.15, 0.2) is 42.7 Å². The molecule has 1 saturated heterocycles. The van der Waals surface area contributed by atoms with Crippen LogP contribution in [-0.2, 0) is 6.54 Å². The van der Waals surface area contributed by atoms with Crippen LogP contribution in [0, 0.1) is 11.3 Å². The molecular weight excluding hydrogens is 316 g/mol. The van der Waals surface area contributed by atoms with Gasteiger partial charge < -0.3 is 10.0 Å². The zero-order chi connectivity index (χ0) is 17.8. The van der Waals surface area contributed by atoms with Gasteiger partial charge in [-0.1, -0.05) is 6.07 Å². The summed E-state index contributed by atoms with van der Waals surface area (Å²) in [4.78, 5) is 21.0. The van der Waals surface area contributed by atoms with E-state index in [0.29, 0.717) is 12.1 Å². The van der Waals surface area contributed by atoms with Crippen LogP contribution in [0.25, 0.3) is 0 Å². The number of benzene rings is 1. The van der Waals surface area contributed by atoms with E-state index >= 15 is 0 Å². The van der Waals surface area contributed by atoms with Gasteiger partial charge in [-0.3, -0.25) is 14.7 Å². The number of piperazine rings is 1. The monoisotopic (exact) mass is 336 g/mol. The van der Waals surface area contributed by atoms with E-state index in [1.807, 2.05) is 30.2 Å². The molecule has 1 N–H and O–H groups in total. The Kier molecular flexibility index (Phi) is 4.96. The predicted octanol–water partition coefficient (Wildman–Crippen LogP) is 2.01. The van der Waals surface area contributed by atoms with Crippen molar-refractivity contribution in [3.8, 4) is 11.8 Å². The lowest BCUT2D eigenvalue weighted by Crippen LogP contribution is -2.53. The summed E-state index contributed by atoms with van der Waals surface area (Å²) in [5, 5.41) is 18.7. The Hall–Kier alpha value is -2.91. The molecule has 1 aliphatic heterocycles. The molecule has 1 fully saturated rings. The highest BCUT2D eigenvalue weighted by Crippen LogP contribution is 2.21. The first kappa shape index (κ1) is 16.9. The first-order chi connectivity index (χ1) is 12.1. The number of amides is 1. The van der Waals surface area contributed by atoms with E-state index in [2.05, 4.69) is 16.0 Å². The number of carbonyl (C=O) groups is 1. The van der Waals surface area contributed by atoms with Gasteiger partial charge >= 0.3 is 0 Å². The second-order valence-electron chi connectivity index (χ2n) is 6.29. The van der Waals surface area contributed by atoms with Crippen LogP contribution in [0.1, 0.15) is 28.4 Å². The highest BCUT2D eigenvalue weighted by atomic mass is 16.3. The van der Waals surface area contributed by atoms with E-state index in [1.165, 1.54) is 12.1 Å². The van der Waals surface area contributed by atoms with E-state index in [9.17, 15) is 9.90 Å². The molecule has 0 unspecified atom stereocenters. The Morgan fingerprint density at radius 2 is 2.24 bits per heavy atom. The molecular formula is C19H20N4O2. The fourth-order valence-corrected chi connectivity index (χ4v) is 3.15. The second kappa shape index (κ2) is 7.32. The molecule has 1 aliphatic rings. The minimum atomic E-state index is -0.156. The molecule has 0 aliphatic carbocycles. The maximum Gasteiger partial charge on any atom is 0.254 e. The third kappa shape index (κ3) is 3.78. The maximum atomic E-state index is 12.7. The fraction of sp³-hybridized carbons (Fsp3) is 0.316. The molecule has 6 nitrogen and oxygen atoms in total. The van der Waals surface area contributed by atoms with Gasteiger partial charge in [0.05, 0.1) is 5.56 Å². The summed E-state index contributed by atoms with van der Waals surface area (Å²) < 4.78 is 0. The van der Waals surface area contributed by atoms with Gasteiger partial charge in [0.2, 0.25) is 0 Å². The first-order valence-corrected chi connectivity index (χ1v) is 8.24. The molecule has 1 atom stereocenters. The molecule has 2 heterocycles. The second-order valence-corrected chi connectivity index (χ2v) is 6.29. The van der Waals surface area contributed by atoms with Crippen molar-refractivity contribution in [1.82, 2.24) is 14.8 Å². The minimum absolute atomic E-state index is 0.0655. The third-order valence-electron chi connectivity index (χ3n) is 4.47. The quantitative estimate of drug-likeness (QED) is 0.927. The lowest BCUT2D eigenvalue weighted by Gasteiger charge is -2.40. The molecule has 25 heavy (non-hydrogen) atoms. The van der Waals surface area contributed by atoms with E-state index in [1.54, 1.807) is 12.3 Å². The van der Waals surface area contributed by atoms with E-state index < -0.39 is 0 Å². The topological polar surface area (TPSA) is 80.5 Å². The molecule has 6 heteroatoms. The lowest BCUT2D eigenvalue weighted by molar-refractivity contribution is 0.0475. The highest BCUT2D eigenvalue weighted by Gasteiger charge is 2.28. The number of hydrogen-bond donors (Lipinski definition) is 1. The molecule has 1 aromatic carbocycles. The van der Waals surface area contributed by atoms with E-state index in [0.717, 1.165) is 25.2 Å². The van der Waals surface area contributed by atoms with Crippen molar-refractivity contribution in [3.63, 3.8) is 0 Å². The summed E-state index contributed by atoms with van der Waals surface area (Å²) in [5.74, 6) is -0.274. The number of carbonyl (C=O) groups excluding carboxylic acids is 1. The number of aromatic hydroxyl groups is 1. The normalized spacial score (nSPS) is 17.9. The smallest absolute Gasteiger partial charge is 0.254 e. The summed E-state index contributed by atoms with van der Waals surface area (Å²) in [5.41, 5.74) is 1.74. The Bertz CT molecular complexity index is 801. The Morgan fingerprint density at radius 3 is 2.88 bits per heavy atom. The van der Waals surface area contributed by atoms with Crippen LogP contribution in [0.4, 0.5) is 0 Å². The molecule has 3 rings (SSSR count). The van der Waals surface area contributed by atoms with Gasteiger partial charge in [-0.25, -0.2) is 0 Å². The van der Waals surface area contributed by atoms with Gasteiger partial charge in [-0.15, -0.1) is 0 Å². The molecule has 0 bridgehead atoms. The Morgan fingerprint density at radius 1 is 1.40 bits per heavy atom. The average molecular weight is 336 g/mol. The average Bonchev–Trinajstić information content (AvgIpc) is 2.62. The first-order valence-electron chi connectivity index (χ1n) is 8.24. The molecule has 1 aromatic heterocycles. The predicted molar refractivity (Wildman–Crippen MR) is 92.8 cm³/mol. The van der Waals surface area contributed by atoms with Crippen molar-refractivity contribution in [2.24, 2.45) is 0 Å². The van der Waals surface area contributed by atoms with Gasteiger partial charge in [0.25, 0.3) is 5.91 Å². The van der Waals surface area contributed by atoms with Crippen molar-refractivity contribution < 1.29 is 9.90 Å². The van der Waals surface area contributed by atoms with Crippen molar-refractivity contribution in [2.75, 3.05) is 19.6 Å². The van der Waals surface area contributed by atoms with Crippen LogP contribution in [0.2, 0.25) is 0 Å². The maximum absolute atomic E-state index is 12.7. The zero-order valence-electron chi connectivity index (χ0n) is 14.1. The molecule has 1 amide bonds. The number of nitriles is 1. The summed E-state index contributed by atoms with van der Waals surface area (Å²) in [6.45, 7) is 5.03. The van der Waals surface area contributed by atoms with Gasteiger partial charge in [0.15, 0.2) is 0 Å². The van der Waals surface area contributed by atoms with E-state index in [4.69, 9.17) is 5.26 Å². The van der Waals surface area contributed by atoms with Crippen molar-refractivity contribution >= 4 is 5.91 Å². The highest BCUT2D eigenvalue weighted by molar-refractivity contribution is 5.95. The van der Waals surface area contributed by atoms with Gasteiger partial charge in [0, 0.05) is 50.2 Å². The van der Waals surface area contributed by atoms with Crippen LogP contribution in [-0.4, -0.2) is 51.5 Å². The number of aromatic nitrogens is 1. The standard InChI is InChI=1S/C19H20N4O2/c1-14-12-22(13-15-3-2-6-21-11-15)7-8-23(14)19(25)16-4-5-17(10-20)18(24)9-16/h2-6,9,11,14,24H,7-8,12-13H2,1H3/t14-/m1/s1. The fourth-order valence-electron chi connectivity index (χ4n) is 3.15. The van der Waals surface area contributed by atoms with E-state index in [-0.39, 0.29) is 23.3 Å². The van der Waals surface area contributed by atoms with Crippen LogP contribution in [0.5, 0.6) is 5.75 Å². The Balaban J connectivity index is 1.66. The molecule has 128 valence electrons. The zero-order valence-corrected chi connectivity index (χ0v) is 14.1. The lowest BCUT2D eigenvalue weighted by atomic mass is 10.1. The van der Waals surface area contributed by atoms with Gasteiger partial charge in [0.1, 0.15) is 11.8 Å². The van der Waals surface area contributed by atoms with Gasteiger partial charge in [-0.05, 0) is 36.8 Å². The minimum Gasteiger partial charge on any atom is -0.507 e. The largest absolute Gasteiger partial charge is 0.507 e. The Labute approximate surface area is 146 Å². The number of phenols is 1. The van der Waals surface area contributed by atoms with Crippen molar-refractivity contribution in [2.45, 2.75) is 19.5 Å². The number of phenolic OH excluding ortho intramolecular Hbond substituents is 1. The summed E-state index contributed by atoms with van der Waals surface area (Å²) in [7, 11) is 0. The van der Waals surface area contributed by atoms with Crippen molar-refractivity contribution in [3.05, 3.63) is 59.4 Å². The number of rotatable bonds is 3. The number of hydrogen-bond acceptors (Lipinski definition) is 5. The summed E-state index contributed by atoms with van der Waals surface area (Å²) in [6.07, 6.45) is 3.62. The molecule has 2 aromatic rings. The SMILES string of the molecule is C[C@@H]1CN(Cc2cccnc2)CCN1C(=O)c1ccc(C#N)c(O)c1. The summed E-state index contributed by atoms with van der Waals surface area (Å²) >= 11 is 0. The molecule has 0 radical (unpaired) electrons. The van der Waals surface area contributed by atoms with Gasteiger partial charge in [-0.2, -0.15) is 5.26 Å². The molecule has 0 saturated carbocycles. The van der Waals surface area contributed by atoms with Crippen molar-refractivity contribution in [1.29, 1.82) is 5.26 Å². The van der Waals surface area contributed by atoms with Crippen LogP contribution < -0.4 is 0 Å². The van der Waals surface area contributed by atoms with Crippen LogP contribution >= 0.6 is 0 Å². The third-order valence-corrected chi connectivity index (χ3v) is 4.47. The molecule has 0 spiro atoms. The van der Waals surface area contributed by atoms with Crippen LogP contribution in [0.3, 0.4) is 0 Å².